The zero-order valence-electron chi connectivity index (χ0n) is 14.3. The minimum Gasteiger partial charge on any atom is -0.462 e. The van der Waals surface area contributed by atoms with Crippen LogP contribution in [0.2, 0.25) is 0 Å². The number of esters is 1. The molecule has 3 aromatic heterocycles. The summed E-state index contributed by atoms with van der Waals surface area (Å²) < 4.78 is 46.9. The summed E-state index contributed by atoms with van der Waals surface area (Å²) in [7, 11) is 0. The maximum Gasteiger partial charge on any atom is 0.434 e. The molecule has 3 rings (SSSR count). The summed E-state index contributed by atoms with van der Waals surface area (Å²) in [6, 6.07) is 6.20. The van der Waals surface area contributed by atoms with Crippen LogP contribution in [0.4, 0.5) is 13.2 Å². The molecule has 0 atom stereocenters. The van der Waals surface area contributed by atoms with Crippen molar-refractivity contribution in [3.05, 3.63) is 51.1 Å². The van der Waals surface area contributed by atoms with Gasteiger partial charge in [-0.1, -0.05) is 6.07 Å². The molecule has 0 saturated heterocycles. The number of halogens is 4. The third-order valence-electron chi connectivity index (χ3n) is 3.67. The van der Waals surface area contributed by atoms with E-state index in [9.17, 15) is 23.1 Å². The molecule has 11 heteroatoms. The quantitative estimate of drug-likeness (QED) is 0.551. The molecule has 148 valence electrons. The van der Waals surface area contributed by atoms with Crippen molar-refractivity contribution in [2.75, 3.05) is 6.61 Å². The molecule has 6 nitrogen and oxygen atoms in total. The standard InChI is InChI=1S/C17H13BrF3N3O3S/c1-2-27-16(26)10-7-22-24(15(10)17(19,20)21)13-5-3-4-11(23-13)14-9(8-25)6-12(18)28-14/h3-7,25H,2,8H2,1H3. The van der Waals surface area contributed by atoms with Crippen molar-refractivity contribution in [2.24, 2.45) is 0 Å². The first-order valence-corrected chi connectivity index (χ1v) is 9.56. The van der Waals surface area contributed by atoms with Crippen molar-refractivity contribution in [3.8, 4) is 16.4 Å². The summed E-state index contributed by atoms with van der Waals surface area (Å²) in [4.78, 5) is 16.8. The lowest BCUT2D eigenvalue weighted by molar-refractivity contribution is -0.143. The number of nitrogens with zero attached hydrogens (tertiary/aromatic N) is 3. The first kappa shape index (κ1) is 20.5. The average Bonchev–Trinajstić information content (AvgIpc) is 3.25. The van der Waals surface area contributed by atoms with Gasteiger partial charge in [0.2, 0.25) is 0 Å². The van der Waals surface area contributed by atoms with Gasteiger partial charge in [-0.15, -0.1) is 11.3 Å². The summed E-state index contributed by atoms with van der Waals surface area (Å²) in [6.07, 6.45) is -4.03. The highest BCUT2D eigenvalue weighted by Gasteiger charge is 2.41. The second-order valence-corrected chi connectivity index (χ2v) is 7.91. The van der Waals surface area contributed by atoms with Crippen LogP contribution in [0, 0.1) is 0 Å². The van der Waals surface area contributed by atoms with Crippen molar-refractivity contribution in [2.45, 2.75) is 19.7 Å². The second kappa shape index (κ2) is 8.02. The number of carbonyl (C=O) groups excluding carboxylic acids is 1. The molecule has 28 heavy (non-hydrogen) atoms. The Labute approximate surface area is 169 Å². The van der Waals surface area contributed by atoms with Crippen LogP contribution < -0.4 is 0 Å². The van der Waals surface area contributed by atoms with E-state index in [1.54, 1.807) is 12.1 Å². The number of rotatable bonds is 5. The van der Waals surface area contributed by atoms with Crippen molar-refractivity contribution in [1.29, 1.82) is 0 Å². The van der Waals surface area contributed by atoms with Gasteiger partial charge in [0.25, 0.3) is 0 Å². The van der Waals surface area contributed by atoms with Crippen LogP contribution in [-0.4, -0.2) is 32.4 Å². The molecule has 0 saturated carbocycles. The maximum absolute atomic E-state index is 13.6. The highest BCUT2D eigenvalue weighted by atomic mass is 79.9. The summed E-state index contributed by atoms with van der Waals surface area (Å²) in [6.45, 7) is 1.19. The lowest BCUT2D eigenvalue weighted by atomic mass is 10.2. The van der Waals surface area contributed by atoms with E-state index in [2.05, 4.69) is 26.0 Å². The van der Waals surface area contributed by atoms with Crippen LogP contribution in [0.25, 0.3) is 16.4 Å². The van der Waals surface area contributed by atoms with E-state index in [4.69, 9.17) is 4.74 Å². The fraction of sp³-hybridized carbons (Fsp3) is 0.235. The number of aliphatic hydroxyl groups is 1. The molecule has 0 radical (unpaired) electrons. The van der Waals surface area contributed by atoms with Crippen molar-refractivity contribution >= 4 is 33.2 Å². The van der Waals surface area contributed by atoms with E-state index >= 15 is 0 Å². The molecular formula is C17H13BrF3N3O3S. The number of hydrogen-bond donors (Lipinski definition) is 1. The van der Waals surface area contributed by atoms with Crippen LogP contribution in [0.3, 0.4) is 0 Å². The van der Waals surface area contributed by atoms with Gasteiger partial charge < -0.3 is 9.84 Å². The molecule has 0 aliphatic heterocycles. The Bertz CT molecular complexity index is 1020. The van der Waals surface area contributed by atoms with Crippen molar-refractivity contribution < 1.29 is 27.8 Å². The molecule has 0 amide bonds. The third-order valence-corrected chi connectivity index (χ3v) is 5.37. The number of aromatic nitrogens is 3. The molecule has 0 spiro atoms. The zero-order valence-corrected chi connectivity index (χ0v) is 16.7. The molecule has 0 fully saturated rings. The number of aliphatic hydroxyl groups excluding tert-OH is 1. The van der Waals surface area contributed by atoms with Gasteiger partial charge in [0.1, 0.15) is 5.56 Å². The Morgan fingerprint density at radius 1 is 1.39 bits per heavy atom. The Kier molecular flexibility index (Phi) is 5.87. The summed E-state index contributed by atoms with van der Waals surface area (Å²) in [5.74, 6) is -1.23. The first-order chi connectivity index (χ1) is 13.3. The van der Waals surface area contributed by atoms with E-state index in [0.717, 1.165) is 9.98 Å². The molecule has 3 heterocycles. The van der Waals surface area contributed by atoms with E-state index in [0.29, 0.717) is 20.8 Å². The largest absolute Gasteiger partial charge is 0.462 e. The Balaban J connectivity index is 2.13. The summed E-state index contributed by atoms with van der Waals surface area (Å²) >= 11 is 4.61. The monoisotopic (exact) mass is 475 g/mol. The molecule has 3 aromatic rings. The Hall–Kier alpha value is -2.24. The van der Waals surface area contributed by atoms with Gasteiger partial charge in [-0.25, -0.2) is 14.5 Å². The van der Waals surface area contributed by atoms with Crippen LogP contribution in [-0.2, 0) is 17.5 Å². The fourth-order valence-corrected chi connectivity index (χ4v) is 4.18. The average molecular weight is 476 g/mol. The molecule has 0 aromatic carbocycles. The minimum absolute atomic E-state index is 0.0633. The smallest absolute Gasteiger partial charge is 0.434 e. The number of ether oxygens (including phenoxy) is 1. The van der Waals surface area contributed by atoms with Gasteiger partial charge in [0.15, 0.2) is 11.5 Å². The number of thiophene rings is 1. The predicted molar refractivity (Wildman–Crippen MR) is 99.3 cm³/mol. The maximum atomic E-state index is 13.6. The highest BCUT2D eigenvalue weighted by Crippen LogP contribution is 2.37. The number of hydrogen-bond acceptors (Lipinski definition) is 6. The number of alkyl halides is 3. The number of pyridine rings is 1. The topological polar surface area (TPSA) is 77.2 Å². The first-order valence-electron chi connectivity index (χ1n) is 7.95. The number of carbonyl (C=O) groups is 1. The van der Waals surface area contributed by atoms with Gasteiger partial charge in [-0.2, -0.15) is 18.3 Å². The Morgan fingerprint density at radius 3 is 2.79 bits per heavy atom. The molecule has 0 bridgehead atoms. The second-order valence-electron chi connectivity index (χ2n) is 5.48. The van der Waals surface area contributed by atoms with Crippen LogP contribution >= 0.6 is 27.3 Å². The summed E-state index contributed by atoms with van der Waals surface area (Å²) in [5.41, 5.74) is -0.981. The van der Waals surface area contributed by atoms with Gasteiger partial charge in [-0.05, 0) is 46.6 Å². The van der Waals surface area contributed by atoms with Gasteiger partial charge in [0.05, 0.1) is 33.8 Å². The molecule has 0 unspecified atom stereocenters. The van der Waals surface area contributed by atoms with Crippen LogP contribution in [0.1, 0.15) is 28.5 Å². The lowest BCUT2D eigenvalue weighted by Gasteiger charge is -2.12. The third kappa shape index (κ3) is 3.96. The van der Waals surface area contributed by atoms with Crippen LogP contribution in [0.5, 0.6) is 0 Å². The minimum atomic E-state index is -4.85. The van der Waals surface area contributed by atoms with Crippen molar-refractivity contribution in [3.63, 3.8) is 0 Å². The van der Waals surface area contributed by atoms with Gasteiger partial charge in [0, 0.05) is 0 Å². The molecular weight excluding hydrogens is 463 g/mol. The zero-order chi connectivity index (χ0) is 20.5. The predicted octanol–water partition coefficient (Wildman–Crippen LogP) is 4.45. The molecule has 1 N–H and O–H groups in total. The lowest BCUT2D eigenvalue weighted by Crippen LogP contribution is -2.19. The molecule has 0 aliphatic carbocycles. The highest BCUT2D eigenvalue weighted by molar-refractivity contribution is 9.11. The van der Waals surface area contributed by atoms with Gasteiger partial charge >= 0.3 is 12.1 Å². The van der Waals surface area contributed by atoms with Gasteiger partial charge in [-0.3, -0.25) is 0 Å². The van der Waals surface area contributed by atoms with E-state index in [1.165, 1.54) is 30.4 Å². The SMILES string of the molecule is CCOC(=O)c1cnn(-c2cccc(-c3sc(Br)cc3CO)n2)c1C(F)(F)F. The van der Waals surface area contributed by atoms with Crippen LogP contribution in [0.15, 0.2) is 34.2 Å². The Morgan fingerprint density at radius 2 is 2.14 bits per heavy atom. The fourth-order valence-electron chi connectivity index (χ4n) is 2.55. The van der Waals surface area contributed by atoms with Crippen molar-refractivity contribution in [1.82, 2.24) is 14.8 Å². The molecule has 0 aliphatic rings. The summed E-state index contributed by atoms with van der Waals surface area (Å²) in [5, 5.41) is 13.2. The van der Waals surface area contributed by atoms with E-state index in [-0.39, 0.29) is 19.0 Å². The van der Waals surface area contributed by atoms with E-state index in [1.807, 2.05) is 0 Å². The van der Waals surface area contributed by atoms with E-state index < -0.39 is 23.4 Å². The normalized spacial score (nSPS) is 11.6.